The monoisotopic (exact) mass is 307 g/mol. The summed E-state index contributed by atoms with van der Waals surface area (Å²) in [6.07, 6.45) is 4.38. The maximum Gasteiger partial charge on any atom is 0.189 e. The van der Waals surface area contributed by atoms with Crippen LogP contribution >= 0.6 is 11.6 Å². The summed E-state index contributed by atoms with van der Waals surface area (Å²) in [5, 5.41) is 4.57. The number of hydrogen-bond donors (Lipinski definition) is 0. The number of halogens is 2. The quantitative estimate of drug-likeness (QED) is 0.794. The predicted molar refractivity (Wildman–Crippen MR) is 80.4 cm³/mol. The fourth-order valence-corrected chi connectivity index (χ4v) is 1.82. The van der Waals surface area contributed by atoms with Gasteiger partial charge in [-0.1, -0.05) is 23.7 Å². The first-order valence-electron chi connectivity index (χ1n) is 6.37. The number of allylic oxidation sites excluding steroid dienone is 1. The van der Waals surface area contributed by atoms with E-state index in [0.717, 1.165) is 5.56 Å². The van der Waals surface area contributed by atoms with Crippen molar-refractivity contribution in [3.8, 4) is 0 Å². The molecule has 0 N–H and O–H groups in total. The lowest BCUT2D eigenvalue weighted by molar-refractivity contribution is -0.122. The fourth-order valence-electron chi connectivity index (χ4n) is 1.69. The number of rotatable bonds is 5. The molecule has 1 aromatic heterocycles. The van der Waals surface area contributed by atoms with Crippen LogP contribution in [0.5, 0.6) is 0 Å². The minimum absolute atomic E-state index is 0.262. The molecule has 0 aliphatic carbocycles. The van der Waals surface area contributed by atoms with Crippen molar-refractivity contribution in [1.29, 1.82) is 0 Å². The molecule has 0 fully saturated rings. The summed E-state index contributed by atoms with van der Waals surface area (Å²) in [6, 6.07) is 6.98. The molecule has 0 aliphatic rings. The van der Waals surface area contributed by atoms with Gasteiger partial charge in [0.25, 0.3) is 0 Å². The molecular weight excluding hydrogens is 293 g/mol. The van der Waals surface area contributed by atoms with Crippen LogP contribution in [0, 0.1) is 5.41 Å². The van der Waals surface area contributed by atoms with Gasteiger partial charge in [0.05, 0.1) is 5.41 Å². The van der Waals surface area contributed by atoms with E-state index in [-0.39, 0.29) is 11.5 Å². The van der Waals surface area contributed by atoms with Gasteiger partial charge >= 0.3 is 0 Å². The van der Waals surface area contributed by atoms with Gasteiger partial charge in [0, 0.05) is 5.02 Å². The lowest BCUT2D eigenvalue weighted by Gasteiger charge is -2.20. The van der Waals surface area contributed by atoms with E-state index < -0.39 is 12.1 Å². The van der Waals surface area contributed by atoms with Gasteiger partial charge in [-0.2, -0.15) is 5.10 Å². The van der Waals surface area contributed by atoms with E-state index in [1.807, 2.05) is 0 Å². The van der Waals surface area contributed by atoms with Crippen molar-refractivity contribution in [2.24, 2.45) is 5.41 Å². The van der Waals surface area contributed by atoms with E-state index in [1.54, 1.807) is 44.2 Å². The zero-order valence-electron chi connectivity index (χ0n) is 11.8. The Labute approximate surface area is 127 Å². The summed E-state index contributed by atoms with van der Waals surface area (Å²) in [4.78, 5) is 16.4. The molecule has 0 spiro atoms. The highest BCUT2D eigenvalue weighted by atomic mass is 35.5. The smallest absolute Gasteiger partial charge is 0.189 e. The van der Waals surface area contributed by atoms with Gasteiger partial charge in [-0.3, -0.25) is 9.18 Å². The summed E-state index contributed by atoms with van der Waals surface area (Å²) in [5.41, 5.74) is -0.0881. The summed E-state index contributed by atoms with van der Waals surface area (Å²) in [6.45, 7) is 2.36. The highest BCUT2D eigenvalue weighted by molar-refractivity contribution is 6.30. The molecule has 0 atom stereocenters. The highest BCUT2D eigenvalue weighted by Crippen LogP contribution is 2.25. The van der Waals surface area contributed by atoms with Crippen LogP contribution in [0.2, 0.25) is 5.02 Å². The number of nitrogens with zero attached hydrogens (tertiary/aromatic N) is 3. The van der Waals surface area contributed by atoms with Gasteiger partial charge in [-0.05, 0) is 37.6 Å². The van der Waals surface area contributed by atoms with Crippen molar-refractivity contribution in [3.05, 3.63) is 47.5 Å². The second kappa shape index (κ2) is 6.18. The first-order valence-corrected chi connectivity index (χ1v) is 6.75. The van der Waals surface area contributed by atoms with Crippen molar-refractivity contribution in [1.82, 2.24) is 14.8 Å². The molecule has 2 aromatic rings. The Morgan fingerprint density at radius 1 is 1.38 bits per heavy atom. The SMILES string of the molecule is CC(C)(CF)C(=O)/C(=C\c1ccc(Cl)cc1)n1cncn1. The first-order chi connectivity index (χ1) is 9.94. The third-order valence-electron chi connectivity index (χ3n) is 3.02. The Hall–Kier alpha value is -2.01. The maximum absolute atomic E-state index is 13.1. The number of carbonyl (C=O) groups is 1. The molecule has 2 rings (SSSR count). The third-order valence-corrected chi connectivity index (χ3v) is 3.27. The number of aromatic nitrogens is 3. The van der Waals surface area contributed by atoms with Crippen LogP contribution in [0.4, 0.5) is 4.39 Å². The van der Waals surface area contributed by atoms with E-state index in [1.165, 1.54) is 17.3 Å². The van der Waals surface area contributed by atoms with E-state index in [0.29, 0.717) is 5.02 Å². The van der Waals surface area contributed by atoms with Gasteiger partial charge < -0.3 is 0 Å². The van der Waals surface area contributed by atoms with E-state index in [9.17, 15) is 9.18 Å². The molecule has 0 aliphatic heterocycles. The number of hydrogen-bond acceptors (Lipinski definition) is 3. The van der Waals surface area contributed by atoms with Crippen LogP contribution in [-0.4, -0.2) is 27.2 Å². The van der Waals surface area contributed by atoms with Gasteiger partial charge in [0.15, 0.2) is 5.78 Å². The molecule has 0 unspecified atom stereocenters. The van der Waals surface area contributed by atoms with Crippen molar-refractivity contribution >= 4 is 29.2 Å². The Morgan fingerprint density at radius 3 is 2.57 bits per heavy atom. The minimum Gasteiger partial charge on any atom is -0.292 e. The van der Waals surface area contributed by atoms with Crippen LogP contribution in [0.1, 0.15) is 19.4 Å². The largest absolute Gasteiger partial charge is 0.292 e. The molecular formula is C15H15ClFN3O. The summed E-state index contributed by atoms with van der Waals surface area (Å²) in [7, 11) is 0. The Bertz CT molecular complexity index is 648. The van der Waals surface area contributed by atoms with Crippen LogP contribution in [0.15, 0.2) is 36.9 Å². The zero-order chi connectivity index (χ0) is 15.5. The van der Waals surface area contributed by atoms with E-state index in [4.69, 9.17) is 11.6 Å². The number of ketones is 1. The standard InChI is InChI=1S/C15H15ClFN3O/c1-15(2,8-17)14(21)13(20-10-18-9-19-20)7-11-3-5-12(16)6-4-11/h3-7,9-10H,8H2,1-2H3/b13-7+. The van der Waals surface area contributed by atoms with Gasteiger partial charge in [0.2, 0.25) is 0 Å². The highest BCUT2D eigenvalue weighted by Gasteiger charge is 2.31. The second-order valence-corrected chi connectivity index (χ2v) is 5.70. The van der Waals surface area contributed by atoms with Crippen molar-refractivity contribution in [2.75, 3.05) is 6.67 Å². The molecule has 4 nitrogen and oxygen atoms in total. The number of alkyl halides is 1. The maximum atomic E-state index is 13.1. The van der Waals surface area contributed by atoms with Gasteiger partial charge in [-0.25, -0.2) is 9.67 Å². The van der Waals surface area contributed by atoms with Gasteiger partial charge in [0.1, 0.15) is 25.0 Å². The lowest BCUT2D eigenvalue weighted by atomic mass is 9.87. The molecule has 0 radical (unpaired) electrons. The molecule has 0 saturated heterocycles. The fraction of sp³-hybridized carbons (Fsp3) is 0.267. The number of carbonyl (C=O) groups excluding carboxylic acids is 1. The van der Waals surface area contributed by atoms with E-state index >= 15 is 0 Å². The lowest BCUT2D eigenvalue weighted by Crippen LogP contribution is -2.29. The van der Waals surface area contributed by atoms with Crippen LogP contribution in [-0.2, 0) is 4.79 Å². The van der Waals surface area contributed by atoms with E-state index in [2.05, 4.69) is 10.1 Å². The molecule has 0 amide bonds. The molecule has 0 bridgehead atoms. The molecule has 21 heavy (non-hydrogen) atoms. The minimum atomic E-state index is -1.12. The third kappa shape index (κ3) is 3.55. The zero-order valence-corrected chi connectivity index (χ0v) is 12.5. The van der Waals surface area contributed by atoms with Crippen LogP contribution < -0.4 is 0 Å². The average molecular weight is 308 g/mol. The molecule has 6 heteroatoms. The van der Waals surface area contributed by atoms with Gasteiger partial charge in [-0.15, -0.1) is 0 Å². The normalized spacial score (nSPS) is 12.5. The van der Waals surface area contributed by atoms with Crippen molar-refractivity contribution in [3.63, 3.8) is 0 Å². The predicted octanol–water partition coefficient (Wildman–Crippen LogP) is 3.49. The van der Waals surface area contributed by atoms with Crippen molar-refractivity contribution in [2.45, 2.75) is 13.8 Å². The molecule has 1 heterocycles. The Morgan fingerprint density at radius 2 is 2.05 bits per heavy atom. The topological polar surface area (TPSA) is 47.8 Å². The molecule has 110 valence electrons. The van der Waals surface area contributed by atoms with Crippen molar-refractivity contribution < 1.29 is 9.18 Å². The molecule has 0 saturated carbocycles. The number of Topliss-reactive ketones (excluding diaryl/α,β-unsaturated/α-hetero) is 1. The number of benzene rings is 1. The molecule has 1 aromatic carbocycles. The second-order valence-electron chi connectivity index (χ2n) is 5.27. The summed E-state index contributed by atoms with van der Waals surface area (Å²) >= 11 is 5.84. The van der Waals surface area contributed by atoms with Crippen LogP contribution in [0.25, 0.3) is 11.8 Å². The summed E-state index contributed by atoms with van der Waals surface area (Å²) < 4.78 is 14.4. The Balaban J connectivity index is 2.47. The Kier molecular flexibility index (Phi) is 4.53. The first kappa shape index (κ1) is 15.4. The average Bonchev–Trinajstić information content (AvgIpc) is 3.00. The summed E-state index contributed by atoms with van der Waals surface area (Å²) in [5.74, 6) is -0.342. The van der Waals surface area contributed by atoms with Crippen LogP contribution in [0.3, 0.4) is 0 Å².